The van der Waals surface area contributed by atoms with Gasteiger partial charge in [-0.2, -0.15) is 0 Å². The molecule has 1 unspecified atom stereocenters. The Morgan fingerprint density at radius 1 is 1.00 bits per heavy atom. The van der Waals surface area contributed by atoms with Crippen LogP contribution in [0.3, 0.4) is 0 Å². The highest BCUT2D eigenvalue weighted by Gasteiger charge is 2.19. The van der Waals surface area contributed by atoms with Crippen LogP contribution in [0.5, 0.6) is 0 Å². The van der Waals surface area contributed by atoms with Gasteiger partial charge in [0.25, 0.3) is 0 Å². The molecule has 0 fully saturated rings. The SMILES string of the molecule is CN(C)c1ccccc1S(=NC(C)(C)C)NC(C)(C)C. The lowest BCUT2D eigenvalue weighted by Crippen LogP contribution is -2.38. The molecule has 0 saturated carbocycles. The number of benzene rings is 1. The number of rotatable bonds is 3. The molecule has 0 aliphatic heterocycles. The van der Waals surface area contributed by atoms with Gasteiger partial charge in [0.05, 0.1) is 16.1 Å². The Hall–Kier alpha value is -0.870. The average molecular weight is 295 g/mol. The Balaban J connectivity index is 3.35. The van der Waals surface area contributed by atoms with Gasteiger partial charge in [-0.15, -0.1) is 0 Å². The summed E-state index contributed by atoms with van der Waals surface area (Å²) in [5.41, 5.74) is 1.18. The molecular formula is C16H29N3S. The topological polar surface area (TPSA) is 27.6 Å². The van der Waals surface area contributed by atoms with E-state index in [-0.39, 0.29) is 22.0 Å². The van der Waals surface area contributed by atoms with Crippen molar-refractivity contribution in [1.29, 1.82) is 0 Å². The first-order valence-electron chi connectivity index (χ1n) is 7.01. The molecule has 114 valence electrons. The predicted molar refractivity (Wildman–Crippen MR) is 91.5 cm³/mol. The van der Waals surface area contributed by atoms with Gasteiger partial charge in [-0.25, -0.2) is 9.08 Å². The molecule has 0 aliphatic rings. The van der Waals surface area contributed by atoms with Crippen molar-refractivity contribution in [2.75, 3.05) is 19.0 Å². The highest BCUT2D eigenvalue weighted by atomic mass is 32.2. The zero-order valence-corrected chi connectivity index (χ0v) is 14.9. The summed E-state index contributed by atoms with van der Waals surface area (Å²) in [7, 11) is 3.83. The van der Waals surface area contributed by atoms with Gasteiger partial charge in [-0.05, 0) is 53.7 Å². The molecule has 1 aromatic rings. The third-order valence-corrected chi connectivity index (χ3v) is 4.62. The van der Waals surface area contributed by atoms with E-state index in [1.54, 1.807) is 0 Å². The second kappa shape index (κ2) is 6.27. The molecule has 0 bridgehead atoms. The number of nitrogens with zero attached hydrogens (tertiary/aromatic N) is 2. The van der Waals surface area contributed by atoms with E-state index in [9.17, 15) is 0 Å². The normalized spacial score (nSPS) is 14.4. The van der Waals surface area contributed by atoms with Gasteiger partial charge in [-0.3, -0.25) is 0 Å². The van der Waals surface area contributed by atoms with Crippen molar-refractivity contribution < 1.29 is 0 Å². The Morgan fingerprint density at radius 3 is 2.00 bits per heavy atom. The van der Waals surface area contributed by atoms with Crippen LogP contribution in [0.2, 0.25) is 0 Å². The van der Waals surface area contributed by atoms with Crippen molar-refractivity contribution in [2.45, 2.75) is 57.5 Å². The lowest BCUT2D eigenvalue weighted by Gasteiger charge is -2.28. The van der Waals surface area contributed by atoms with Gasteiger partial charge in [-0.1, -0.05) is 12.1 Å². The van der Waals surface area contributed by atoms with Gasteiger partial charge in [0, 0.05) is 30.5 Å². The number of hydrogen-bond donors (Lipinski definition) is 1. The van der Waals surface area contributed by atoms with Gasteiger partial charge in [0.15, 0.2) is 0 Å². The van der Waals surface area contributed by atoms with E-state index in [4.69, 9.17) is 4.36 Å². The minimum absolute atomic E-state index is 0.0251. The molecule has 0 aromatic heterocycles. The maximum Gasteiger partial charge on any atom is 0.0610 e. The van der Waals surface area contributed by atoms with E-state index in [1.807, 2.05) is 0 Å². The summed E-state index contributed by atoms with van der Waals surface area (Å²) in [6, 6.07) is 8.49. The first kappa shape index (κ1) is 17.2. The second-order valence-electron chi connectivity index (χ2n) is 7.26. The van der Waals surface area contributed by atoms with Crippen molar-refractivity contribution in [3.05, 3.63) is 24.3 Å². The van der Waals surface area contributed by atoms with Crippen molar-refractivity contribution in [1.82, 2.24) is 4.72 Å². The van der Waals surface area contributed by atoms with Crippen LogP contribution in [0.1, 0.15) is 41.5 Å². The summed E-state index contributed by atoms with van der Waals surface area (Å²) in [6.07, 6.45) is 0. The lowest BCUT2D eigenvalue weighted by atomic mass is 10.1. The quantitative estimate of drug-likeness (QED) is 0.912. The van der Waals surface area contributed by atoms with Gasteiger partial charge < -0.3 is 4.90 Å². The van der Waals surface area contributed by atoms with Crippen LogP contribution < -0.4 is 9.62 Å². The summed E-state index contributed by atoms with van der Waals surface area (Å²) in [6.45, 7) is 13.0. The molecule has 1 rings (SSSR count). The molecule has 20 heavy (non-hydrogen) atoms. The van der Waals surface area contributed by atoms with E-state index in [1.165, 1.54) is 10.6 Å². The summed E-state index contributed by atoms with van der Waals surface area (Å²) >= 11 is 0. The van der Waals surface area contributed by atoms with Crippen LogP contribution in [0.25, 0.3) is 0 Å². The van der Waals surface area contributed by atoms with Crippen LogP contribution >= 0.6 is 0 Å². The average Bonchev–Trinajstić information content (AvgIpc) is 2.24. The molecule has 1 aromatic carbocycles. The van der Waals surface area contributed by atoms with Crippen molar-refractivity contribution in [3.63, 3.8) is 0 Å². The van der Waals surface area contributed by atoms with Crippen LogP contribution in [0.15, 0.2) is 33.5 Å². The van der Waals surface area contributed by atoms with Gasteiger partial charge in [0.1, 0.15) is 0 Å². The fourth-order valence-corrected chi connectivity index (χ4v) is 3.72. The smallest absolute Gasteiger partial charge is 0.0610 e. The molecule has 1 N–H and O–H groups in total. The molecule has 0 aliphatic carbocycles. The van der Waals surface area contributed by atoms with Gasteiger partial charge >= 0.3 is 0 Å². The largest absolute Gasteiger partial charge is 0.377 e. The highest BCUT2D eigenvalue weighted by molar-refractivity contribution is 7.85. The predicted octanol–water partition coefficient (Wildman–Crippen LogP) is 4.02. The maximum absolute atomic E-state index is 5.00. The summed E-state index contributed by atoms with van der Waals surface area (Å²) in [5, 5.41) is 0. The summed E-state index contributed by atoms with van der Waals surface area (Å²) in [5.74, 6) is 0. The number of para-hydroxylation sites is 1. The lowest BCUT2D eigenvalue weighted by molar-refractivity contribution is 0.527. The van der Waals surface area contributed by atoms with Crippen LogP contribution in [0.4, 0.5) is 5.69 Å². The molecule has 1 atom stereocenters. The fraction of sp³-hybridized carbons (Fsp3) is 0.625. The van der Waals surface area contributed by atoms with Crippen LogP contribution in [-0.4, -0.2) is 25.2 Å². The zero-order chi connectivity index (χ0) is 15.6. The Bertz CT molecular complexity index is 479. The Kier molecular flexibility index (Phi) is 5.39. The van der Waals surface area contributed by atoms with Crippen molar-refractivity contribution >= 4 is 16.6 Å². The zero-order valence-electron chi connectivity index (χ0n) is 14.1. The highest BCUT2D eigenvalue weighted by Crippen LogP contribution is 2.25. The standard InChI is InChI=1S/C16H29N3S/c1-15(2,3)17-20(18-16(4,5)6)14-12-10-9-11-13(14)19(7)8/h9-12H,1-8H3,(H,17,18). The minimum atomic E-state index is -0.326. The van der Waals surface area contributed by atoms with E-state index >= 15 is 0 Å². The third kappa shape index (κ3) is 5.63. The Morgan fingerprint density at radius 2 is 1.55 bits per heavy atom. The molecule has 0 spiro atoms. The summed E-state index contributed by atoms with van der Waals surface area (Å²) in [4.78, 5) is 3.40. The molecule has 4 heteroatoms. The first-order chi connectivity index (χ1) is 8.99. The van der Waals surface area contributed by atoms with E-state index in [0.29, 0.717) is 0 Å². The van der Waals surface area contributed by atoms with Gasteiger partial charge in [0.2, 0.25) is 0 Å². The molecule has 0 saturated heterocycles. The maximum atomic E-state index is 5.00. The van der Waals surface area contributed by atoms with Crippen LogP contribution in [-0.2, 0) is 10.9 Å². The molecule has 0 radical (unpaired) electrons. The minimum Gasteiger partial charge on any atom is -0.377 e. The van der Waals surface area contributed by atoms with E-state index in [0.717, 1.165) is 0 Å². The molecule has 0 amide bonds. The van der Waals surface area contributed by atoms with Crippen molar-refractivity contribution in [2.24, 2.45) is 4.36 Å². The van der Waals surface area contributed by atoms with Crippen LogP contribution in [0, 0.1) is 0 Å². The molecular weight excluding hydrogens is 266 g/mol. The molecule has 3 nitrogen and oxygen atoms in total. The van der Waals surface area contributed by atoms with Crippen molar-refractivity contribution in [3.8, 4) is 0 Å². The fourth-order valence-electron chi connectivity index (χ4n) is 1.68. The molecule has 0 heterocycles. The van der Waals surface area contributed by atoms with E-state index in [2.05, 4.69) is 89.5 Å². The number of hydrogen-bond acceptors (Lipinski definition) is 2. The van der Waals surface area contributed by atoms with E-state index < -0.39 is 0 Å². The second-order valence-corrected chi connectivity index (χ2v) is 8.66. The number of anilines is 1. The first-order valence-corrected chi connectivity index (χ1v) is 8.19. The Labute approximate surface area is 127 Å². The third-order valence-electron chi connectivity index (χ3n) is 2.32. The summed E-state index contributed by atoms with van der Waals surface area (Å²) < 4.78 is 8.66. The number of nitrogens with one attached hydrogen (secondary N) is 1. The monoisotopic (exact) mass is 295 g/mol.